The van der Waals surface area contributed by atoms with Crippen LogP contribution in [-0.4, -0.2) is 47.9 Å². The Kier molecular flexibility index (Phi) is 11.3. The Labute approximate surface area is 173 Å². The third-order valence-corrected chi connectivity index (χ3v) is 4.68. The Morgan fingerprint density at radius 2 is 1.80 bits per heavy atom. The largest absolute Gasteiger partial charge is 1.00 e. The van der Waals surface area contributed by atoms with Gasteiger partial charge in [-0.15, -0.1) is 0 Å². The van der Waals surface area contributed by atoms with Crippen molar-refractivity contribution in [1.29, 1.82) is 0 Å². The molecule has 1 atom stereocenters. The minimum atomic E-state index is -4.31. The normalized spacial score (nSPS) is 12.9. The fraction of sp³-hybridized carbons (Fsp3) is 0.533. The van der Waals surface area contributed by atoms with Gasteiger partial charge in [-0.2, -0.15) is 0 Å². The first-order valence-electron chi connectivity index (χ1n) is 7.26. The third-order valence-electron chi connectivity index (χ3n) is 2.89. The Bertz CT molecular complexity index is 660. The maximum Gasteiger partial charge on any atom is 1.00 e. The molecular formula is C15H21NaO7S2. The number of carbonyl (C=O) groups is 1. The zero-order valence-corrected chi connectivity index (χ0v) is 18.2. The molecule has 10 heteroatoms. The smallest absolute Gasteiger partial charge is 0.748 e. The van der Waals surface area contributed by atoms with E-state index in [4.69, 9.17) is 8.92 Å². The number of esters is 1. The number of rotatable bonds is 10. The molecule has 0 heterocycles. The summed E-state index contributed by atoms with van der Waals surface area (Å²) in [6.07, 6.45) is -0.0259. The second kappa shape index (κ2) is 11.4. The molecule has 0 spiro atoms. The summed E-state index contributed by atoms with van der Waals surface area (Å²) in [4.78, 5) is 11.9. The minimum absolute atomic E-state index is 0. The van der Waals surface area contributed by atoms with E-state index in [1.54, 1.807) is 44.2 Å². The molecule has 1 unspecified atom stereocenters. The molecule has 0 radical (unpaired) electrons. The van der Waals surface area contributed by atoms with Crippen molar-refractivity contribution < 1.29 is 60.5 Å². The molecular weight excluding hydrogens is 379 g/mol. The van der Waals surface area contributed by atoms with Gasteiger partial charge >= 0.3 is 35.5 Å². The van der Waals surface area contributed by atoms with Gasteiger partial charge in [0.2, 0.25) is 0 Å². The molecule has 7 nitrogen and oxygen atoms in total. The van der Waals surface area contributed by atoms with E-state index in [2.05, 4.69) is 0 Å². The van der Waals surface area contributed by atoms with Gasteiger partial charge in [-0.3, -0.25) is 4.18 Å². The van der Waals surface area contributed by atoms with Crippen LogP contribution in [0.15, 0.2) is 30.3 Å². The summed E-state index contributed by atoms with van der Waals surface area (Å²) in [7, 11) is -4.31. The molecule has 0 N–H and O–H groups in total. The fourth-order valence-corrected chi connectivity index (χ4v) is 3.23. The SMILES string of the molecule is CC(C)(COC(=O)c1ccccc1)COS(=O)CCCS(=O)(=O)[O-].[Na+]. The van der Waals surface area contributed by atoms with Crippen LogP contribution in [0.1, 0.15) is 30.6 Å². The molecule has 0 aliphatic carbocycles. The summed E-state index contributed by atoms with van der Waals surface area (Å²) in [5.41, 5.74) is -0.123. The van der Waals surface area contributed by atoms with E-state index in [-0.39, 0.29) is 54.9 Å². The molecule has 1 rings (SSSR count). The number of hydrogen-bond donors (Lipinski definition) is 0. The van der Waals surface area contributed by atoms with Gasteiger partial charge in [0.1, 0.15) is 0 Å². The first kappa shape index (κ1) is 24.7. The number of carbonyl (C=O) groups excluding carboxylic acids is 1. The molecule has 1 aromatic rings. The van der Waals surface area contributed by atoms with Crippen LogP contribution in [0.3, 0.4) is 0 Å². The predicted octanol–water partition coefficient (Wildman–Crippen LogP) is -1.51. The van der Waals surface area contributed by atoms with Crippen molar-refractivity contribution in [2.45, 2.75) is 20.3 Å². The van der Waals surface area contributed by atoms with E-state index in [1.807, 2.05) is 0 Å². The monoisotopic (exact) mass is 400 g/mol. The van der Waals surface area contributed by atoms with E-state index in [0.29, 0.717) is 5.56 Å². The Morgan fingerprint density at radius 3 is 2.36 bits per heavy atom. The van der Waals surface area contributed by atoms with E-state index in [9.17, 15) is 22.0 Å². The average Bonchev–Trinajstić information content (AvgIpc) is 2.50. The second-order valence-electron chi connectivity index (χ2n) is 5.99. The van der Waals surface area contributed by atoms with Crippen LogP contribution in [0.25, 0.3) is 0 Å². The van der Waals surface area contributed by atoms with Crippen molar-refractivity contribution >= 4 is 27.2 Å². The van der Waals surface area contributed by atoms with Crippen molar-refractivity contribution in [3.05, 3.63) is 35.9 Å². The summed E-state index contributed by atoms with van der Waals surface area (Å²) in [5, 5.41) is 0. The zero-order valence-electron chi connectivity index (χ0n) is 14.6. The zero-order chi connectivity index (χ0) is 18.2. The van der Waals surface area contributed by atoms with Crippen molar-refractivity contribution in [3.8, 4) is 0 Å². The van der Waals surface area contributed by atoms with Crippen LogP contribution < -0.4 is 29.6 Å². The van der Waals surface area contributed by atoms with Gasteiger partial charge in [0.25, 0.3) is 0 Å². The number of ether oxygens (including phenoxy) is 1. The molecule has 25 heavy (non-hydrogen) atoms. The fourth-order valence-electron chi connectivity index (χ4n) is 1.60. The third kappa shape index (κ3) is 11.8. The Hall–Kier alpha value is -0.290. The van der Waals surface area contributed by atoms with E-state index >= 15 is 0 Å². The molecule has 0 aromatic heterocycles. The number of benzene rings is 1. The van der Waals surface area contributed by atoms with Crippen LogP contribution in [0.2, 0.25) is 0 Å². The summed E-state index contributed by atoms with van der Waals surface area (Å²) >= 11 is -1.70. The van der Waals surface area contributed by atoms with Gasteiger partial charge in [0.05, 0.1) is 34.6 Å². The van der Waals surface area contributed by atoms with E-state index in [1.165, 1.54) is 0 Å². The molecule has 1 aromatic carbocycles. The summed E-state index contributed by atoms with van der Waals surface area (Å²) in [6, 6.07) is 8.55. The van der Waals surface area contributed by atoms with Gasteiger partial charge < -0.3 is 9.29 Å². The Morgan fingerprint density at radius 1 is 1.20 bits per heavy atom. The maximum atomic E-state index is 11.9. The number of hydrogen-bond acceptors (Lipinski definition) is 7. The average molecular weight is 400 g/mol. The van der Waals surface area contributed by atoms with Crippen LogP contribution >= 0.6 is 0 Å². The topological polar surface area (TPSA) is 110 Å². The van der Waals surface area contributed by atoms with Crippen LogP contribution in [0.5, 0.6) is 0 Å². The predicted molar refractivity (Wildman–Crippen MR) is 88.6 cm³/mol. The molecule has 136 valence electrons. The van der Waals surface area contributed by atoms with Gasteiger partial charge in [0, 0.05) is 11.2 Å². The minimum Gasteiger partial charge on any atom is -0.748 e. The molecule has 0 bridgehead atoms. The Balaban J connectivity index is 0.00000576. The van der Waals surface area contributed by atoms with E-state index in [0.717, 1.165) is 0 Å². The summed E-state index contributed by atoms with van der Waals surface area (Å²) in [6.45, 7) is 3.70. The van der Waals surface area contributed by atoms with Gasteiger partial charge in [0.15, 0.2) is 11.1 Å². The summed E-state index contributed by atoms with van der Waals surface area (Å²) in [5.74, 6) is -1.06. The van der Waals surface area contributed by atoms with Crippen LogP contribution in [0.4, 0.5) is 0 Å². The molecule has 0 aliphatic rings. The second-order valence-corrected chi connectivity index (χ2v) is 8.77. The van der Waals surface area contributed by atoms with Crippen molar-refractivity contribution in [2.75, 3.05) is 24.7 Å². The summed E-state index contributed by atoms with van der Waals surface area (Å²) < 4.78 is 53.3. The molecule has 0 fully saturated rings. The molecule has 0 saturated heterocycles. The van der Waals surface area contributed by atoms with Crippen LogP contribution in [-0.2, 0) is 30.1 Å². The molecule has 0 amide bonds. The maximum absolute atomic E-state index is 11.9. The van der Waals surface area contributed by atoms with Crippen molar-refractivity contribution in [1.82, 2.24) is 0 Å². The first-order chi connectivity index (χ1) is 11.1. The molecule has 0 aliphatic heterocycles. The standard InChI is InChI=1S/C15H22O7S2.Na/c1-15(2,11-21-14(16)13-7-4-3-5-8-13)12-22-23(17)9-6-10-24(18,19)20;/h3-5,7-8H,6,9-12H2,1-2H3,(H,18,19,20);/q;+1/p-1. The molecule has 0 saturated carbocycles. The quantitative estimate of drug-likeness (QED) is 0.267. The van der Waals surface area contributed by atoms with Crippen molar-refractivity contribution in [3.63, 3.8) is 0 Å². The van der Waals surface area contributed by atoms with Crippen molar-refractivity contribution in [2.24, 2.45) is 5.41 Å². The van der Waals surface area contributed by atoms with E-state index < -0.39 is 38.3 Å². The van der Waals surface area contributed by atoms with Crippen LogP contribution in [0, 0.1) is 5.41 Å². The van der Waals surface area contributed by atoms with Gasteiger partial charge in [-0.25, -0.2) is 17.4 Å². The van der Waals surface area contributed by atoms with Gasteiger partial charge in [-0.05, 0) is 18.6 Å². The first-order valence-corrected chi connectivity index (χ1v) is 10.1. The van der Waals surface area contributed by atoms with Gasteiger partial charge in [-0.1, -0.05) is 32.0 Å².